The summed E-state index contributed by atoms with van der Waals surface area (Å²) in [6.07, 6.45) is 3.52. The van der Waals surface area contributed by atoms with Gasteiger partial charge in [0.15, 0.2) is 0 Å². The zero-order valence-corrected chi connectivity index (χ0v) is 13.0. The highest BCUT2D eigenvalue weighted by atomic mass is 16.5. The lowest BCUT2D eigenvalue weighted by atomic mass is 9.57. The van der Waals surface area contributed by atoms with E-state index in [0.717, 1.165) is 12.3 Å². The van der Waals surface area contributed by atoms with Crippen LogP contribution in [0.1, 0.15) is 45.9 Å². The van der Waals surface area contributed by atoms with Gasteiger partial charge in [0.1, 0.15) is 0 Å². The molecular formula is C17H26N2O. The Labute approximate surface area is 122 Å². The number of hydrogen-bond acceptors (Lipinski definition) is 3. The van der Waals surface area contributed by atoms with E-state index < -0.39 is 0 Å². The van der Waals surface area contributed by atoms with Crippen LogP contribution in [-0.4, -0.2) is 23.7 Å². The second kappa shape index (κ2) is 5.12. The highest BCUT2D eigenvalue weighted by Gasteiger charge is 2.59. The predicted octanol–water partition coefficient (Wildman–Crippen LogP) is 3.18. The highest BCUT2D eigenvalue weighted by Crippen LogP contribution is 2.52. The third-order valence-electron chi connectivity index (χ3n) is 5.13. The van der Waals surface area contributed by atoms with E-state index >= 15 is 0 Å². The molecule has 0 bridgehead atoms. The fourth-order valence-electron chi connectivity index (χ4n) is 4.04. The van der Waals surface area contributed by atoms with Gasteiger partial charge < -0.3 is 10.1 Å². The number of nitrogens with zero attached hydrogens (tertiary/aromatic N) is 1. The van der Waals surface area contributed by atoms with Crippen LogP contribution in [0.2, 0.25) is 0 Å². The van der Waals surface area contributed by atoms with Crippen LogP contribution in [0.3, 0.4) is 0 Å². The monoisotopic (exact) mass is 274 g/mol. The summed E-state index contributed by atoms with van der Waals surface area (Å²) in [6.45, 7) is 10.1. The minimum absolute atomic E-state index is 0.225. The van der Waals surface area contributed by atoms with Gasteiger partial charge >= 0.3 is 0 Å². The van der Waals surface area contributed by atoms with Gasteiger partial charge in [-0.05, 0) is 24.5 Å². The Hall–Kier alpha value is -0.930. The van der Waals surface area contributed by atoms with Crippen LogP contribution in [0.5, 0.6) is 0 Å². The van der Waals surface area contributed by atoms with E-state index in [1.165, 1.54) is 6.42 Å². The zero-order chi connectivity index (χ0) is 14.3. The van der Waals surface area contributed by atoms with Crippen molar-refractivity contribution >= 4 is 0 Å². The molecule has 2 fully saturated rings. The molecule has 20 heavy (non-hydrogen) atoms. The van der Waals surface area contributed by atoms with E-state index in [-0.39, 0.29) is 5.41 Å². The molecule has 1 aliphatic heterocycles. The first-order valence-corrected chi connectivity index (χ1v) is 7.80. The molecular weight excluding hydrogens is 248 g/mol. The molecule has 3 nitrogen and oxygen atoms in total. The Morgan fingerprint density at radius 1 is 1.35 bits per heavy atom. The average Bonchev–Trinajstić information content (AvgIpc) is 2.86. The molecule has 1 saturated carbocycles. The zero-order valence-electron chi connectivity index (χ0n) is 13.0. The Morgan fingerprint density at radius 2 is 2.15 bits per heavy atom. The topological polar surface area (TPSA) is 34.1 Å². The fourth-order valence-corrected chi connectivity index (χ4v) is 4.04. The first-order valence-electron chi connectivity index (χ1n) is 7.80. The SMILES string of the molecule is CC(C)[C@H](N[C@@H]1[C@@H]2CCO[C@@H]2C1(C)C)c1ccccn1. The molecule has 0 spiro atoms. The number of nitrogens with one attached hydrogen (secondary N) is 1. The van der Waals surface area contributed by atoms with Gasteiger partial charge in [0, 0.05) is 30.2 Å². The molecule has 4 atom stereocenters. The summed E-state index contributed by atoms with van der Waals surface area (Å²) in [5, 5.41) is 3.89. The van der Waals surface area contributed by atoms with Crippen molar-refractivity contribution in [2.75, 3.05) is 6.61 Å². The smallest absolute Gasteiger partial charge is 0.0685 e. The van der Waals surface area contributed by atoms with Crippen LogP contribution >= 0.6 is 0 Å². The maximum atomic E-state index is 5.89. The largest absolute Gasteiger partial charge is 0.377 e. The van der Waals surface area contributed by atoms with E-state index in [9.17, 15) is 0 Å². The summed E-state index contributed by atoms with van der Waals surface area (Å²) in [7, 11) is 0. The third kappa shape index (κ3) is 2.17. The molecule has 2 aliphatic rings. The average molecular weight is 274 g/mol. The van der Waals surface area contributed by atoms with Crippen molar-refractivity contribution in [3.8, 4) is 0 Å². The van der Waals surface area contributed by atoms with Crippen LogP contribution in [0.4, 0.5) is 0 Å². The quantitative estimate of drug-likeness (QED) is 0.915. The van der Waals surface area contributed by atoms with E-state index in [1.807, 2.05) is 12.3 Å². The predicted molar refractivity (Wildman–Crippen MR) is 80.4 cm³/mol. The van der Waals surface area contributed by atoms with E-state index in [2.05, 4.69) is 50.1 Å². The lowest BCUT2D eigenvalue weighted by molar-refractivity contribution is -0.117. The van der Waals surface area contributed by atoms with Gasteiger partial charge in [-0.3, -0.25) is 4.98 Å². The summed E-state index contributed by atoms with van der Waals surface area (Å²) in [5.41, 5.74) is 1.38. The van der Waals surface area contributed by atoms with Crippen molar-refractivity contribution in [1.29, 1.82) is 0 Å². The number of pyridine rings is 1. The minimum Gasteiger partial charge on any atom is -0.377 e. The summed E-state index contributed by atoms with van der Waals surface area (Å²) in [5.74, 6) is 1.21. The Morgan fingerprint density at radius 3 is 2.80 bits per heavy atom. The Bertz CT molecular complexity index is 457. The van der Waals surface area contributed by atoms with Crippen LogP contribution in [-0.2, 0) is 4.74 Å². The van der Waals surface area contributed by atoms with Crippen molar-refractivity contribution in [2.24, 2.45) is 17.3 Å². The molecule has 110 valence electrons. The van der Waals surface area contributed by atoms with Gasteiger partial charge in [0.05, 0.1) is 17.8 Å². The number of rotatable bonds is 4. The summed E-state index contributed by atoms with van der Waals surface area (Å²) in [6, 6.07) is 7.04. The molecule has 2 heterocycles. The standard InChI is InChI=1S/C17H26N2O/c1-11(2)14(13-7-5-6-9-18-13)19-15-12-8-10-20-16(12)17(15,3)4/h5-7,9,11-12,14-16,19H,8,10H2,1-4H3/t12-,14-,15+,16-/m0/s1. The first-order chi connectivity index (χ1) is 9.51. The molecule has 1 aromatic rings. The van der Waals surface area contributed by atoms with Crippen LogP contribution in [0.25, 0.3) is 0 Å². The molecule has 0 aromatic carbocycles. The lowest BCUT2D eigenvalue weighted by Crippen LogP contribution is -2.66. The molecule has 1 aliphatic carbocycles. The maximum Gasteiger partial charge on any atom is 0.0685 e. The van der Waals surface area contributed by atoms with Gasteiger partial charge in [0.2, 0.25) is 0 Å². The van der Waals surface area contributed by atoms with Crippen molar-refractivity contribution in [1.82, 2.24) is 10.3 Å². The van der Waals surface area contributed by atoms with Gasteiger partial charge in [-0.15, -0.1) is 0 Å². The van der Waals surface area contributed by atoms with Crippen LogP contribution < -0.4 is 5.32 Å². The molecule has 0 amide bonds. The van der Waals surface area contributed by atoms with Crippen molar-refractivity contribution in [2.45, 2.75) is 52.3 Å². The Balaban J connectivity index is 1.78. The maximum absolute atomic E-state index is 5.89. The second-order valence-corrected chi connectivity index (χ2v) is 7.19. The van der Waals surface area contributed by atoms with Gasteiger partial charge in [-0.25, -0.2) is 0 Å². The van der Waals surface area contributed by atoms with Crippen LogP contribution in [0, 0.1) is 17.3 Å². The summed E-state index contributed by atoms with van der Waals surface area (Å²) >= 11 is 0. The van der Waals surface area contributed by atoms with Gasteiger partial charge in [-0.1, -0.05) is 33.8 Å². The molecule has 1 saturated heterocycles. The number of hydrogen-bond donors (Lipinski definition) is 1. The molecule has 0 radical (unpaired) electrons. The fraction of sp³-hybridized carbons (Fsp3) is 0.706. The van der Waals surface area contributed by atoms with E-state index in [1.54, 1.807) is 0 Å². The van der Waals surface area contributed by atoms with Crippen molar-refractivity contribution < 1.29 is 4.74 Å². The van der Waals surface area contributed by atoms with Crippen molar-refractivity contribution in [3.05, 3.63) is 30.1 Å². The molecule has 1 N–H and O–H groups in total. The third-order valence-corrected chi connectivity index (χ3v) is 5.13. The number of fused-ring (bicyclic) bond motifs is 1. The minimum atomic E-state index is 0.225. The summed E-state index contributed by atoms with van der Waals surface area (Å²) in [4.78, 5) is 4.55. The molecule has 1 aromatic heterocycles. The highest BCUT2D eigenvalue weighted by molar-refractivity contribution is 5.15. The number of aromatic nitrogens is 1. The number of ether oxygens (including phenoxy) is 1. The lowest BCUT2D eigenvalue weighted by Gasteiger charge is -2.56. The summed E-state index contributed by atoms with van der Waals surface area (Å²) < 4.78 is 5.89. The van der Waals surface area contributed by atoms with Gasteiger partial charge in [0.25, 0.3) is 0 Å². The second-order valence-electron chi connectivity index (χ2n) is 7.19. The first kappa shape index (κ1) is 14.0. The molecule has 3 heteroatoms. The van der Waals surface area contributed by atoms with E-state index in [0.29, 0.717) is 30.0 Å². The molecule has 3 rings (SSSR count). The van der Waals surface area contributed by atoms with E-state index in [4.69, 9.17) is 4.74 Å². The Kier molecular flexibility index (Phi) is 3.59. The van der Waals surface area contributed by atoms with Crippen LogP contribution in [0.15, 0.2) is 24.4 Å². The molecule has 0 unspecified atom stereocenters. The van der Waals surface area contributed by atoms with Crippen molar-refractivity contribution in [3.63, 3.8) is 0 Å². The van der Waals surface area contributed by atoms with Gasteiger partial charge in [-0.2, -0.15) is 0 Å². The normalized spacial score (nSPS) is 32.8.